The number of aryl methyl sites for hydroxylation is 2. The predicted molar refractivity (Wildman–Crippen MR) is 88.2 cm³/mol. The third kappa shape index (κ3) is 4.92. The first-order valence-corrected chi connectivity index (χ1v) is 7.25. The Morgan fingerprint density at radius 1 is 1.22 bits per heavy atom. The van der Waals surface area contributed by atoms with Crippen LogP contribution in [0, 0.1) is 19.7 Å². The van der Waals surface area contributed by atoms with Gasteiger partial charge >= 0.3 is 0 Å². The largest absolute Gasteiger partial charge is 0.483 e. The maximum atomic E-state index is 13.1. The molecule has 0 unspecified atom stereocenters. The summed E-state index contributed by atoms with van der Waals surface area (Å²) in [6.07, 6.45) is 0. The van der Waals surface area contributed by atoms with Gasteiger partial charge in [-0.1, -0.05) is 24.3 Å². The molecule has 5 heteroatoms. The van der Waals surface area contributed by atoms with Crippen LogP contribution in [0.4, 0.5) is 4.39 Å². The molecule has 0 heterocycles. The minimum atomic E-state index is -0.373. The van der Waals surface area contributed by atoms with Crippen LogP contribution in [-0.4, -0.2) is 18.2 Å². The molecule has 0 bridgehead atoms. The number of halogens is 1. The highest BCUT2D eigenvalue weighted by Crippen LogP contribution is 2.18. The first-order chi connectivity index (χ1) is 11.0. The van der Waals surface area contributed by atoms with E-state index in [0.29, 0.717) is 17.0 Å². The highest BCUT2D eigenvalue weighted by Gasteiger charge is 2.05. The van der Waals surface area contributed by atoms with E-state index in [-0.39, 0.29) is 18.3 Å². The summed E-state index contributed by atoms with van der Waals surface area (Å²) >= 11 is 0. The number of nitrogens with one attached hydrogen (secondary N) is 1. The maximum absolute atomic E-state index is 13.1. The standard InChI is InChI=1S/C18H19FN2O2/c1-12-7-8-13(2)17(9-12)23-11-18(22)21-20-14(3)15-5-4-6-16(19)10-15/h4-10H,11H2,1-3H3,(H,21,22)/b20-14+. The monoisotopic (exact) mass is 314 g/mol. The average Bonchev–Trinajstić information content (AvgIpc) is 2.53. The highest BCUT2D eigenvalue weighted by atomic mass is 19.1. The Labute approximate surface area is 135 Å². The van der Waals surface area contributed by atoms with Gasteiger partial charge in [0.25, 0.3) is 5.91 Å². The lowest BCUT2D eigenvalue weighted by Crippen LogP contribution is -2.25. The number of amides is 1. The molecule has 2 aromatic rings. The Bertz CT molecular complexity index is 742. The summed E-state index contributed by atoms with van der Waals surface area (Å²) < 4.78 is 18.6. The topological polar surface area (TPSA) is 50.7 Å². The number of carbonyl (C=O) groups excluding carboxylic acids is 1. The Morgan fingerprint density at radius 2 is 2.00 bits per heavy atom. The second kappa shape index (κ2) is 7.54. The molecule has 0 aliphatic carbocycles. The zero-order chi connectivity index (χ0) is 16.8. The molecular weight excluding hydrogens is 295 g/mol. The normalized spacial score (nSPS) is 11.2. The number of ether oxygens (including phenoxy) is 1. The van der Waals surface area contributed by atoms with Gasteiger partial charge in [0.15, 0.2) is 6.61 Å². The van der Waals surface area contributed by atoms with E-state index >= 15 is 0 Å². The van der Waals surface area contributed by atoms with Gasteiger partial charge in [-0.3, -0.25) is 4.79 Å². The third-order valence-corrected chi connectivity index (χ3v) is 3.29. The van der Waals surface area contributed by atoms with E-state index in [9.17, 15) is 9.18 Å². The quantitative estimate of drug-likeness (QED) is 0.679. The Hall–Kier alpha value is -2.69. The number of rotatable bonds is 5. The van der Waals surface area contributed by atoms with E-state index in [4.69, 9.17) is 4.74 Å². The van der Waals surface area contributed by atoms with E-state index in [1.165, 1.54) is 12.1 Å². The molecule has 0 aliphatic heterocycles. The van der Waals surface area contributed by atoms with E-state index in [1.54, 1.807) is 19.1 Å². The summed E-state index contributed by atoms with van der Waals surface area (Å²) in [4.78, 5) is 11.8. The fourth-order valence-electron chi connectivity index (χ4n) is 1.96. The van der Waals surface area contributed by atoms with Gasteiger partial charge in [0, 0.05) is 5.56 Å². The van der Waals surface area contributed by atoms with Gasteiger partial charge in [-0.15, -0.1) is 0 Å². The van der Waals surface area contributed by atoms with Crippen molar-refractivity contribution in [2.75, 3.05) is 6.61 Å². The molecule has 0 aromatic heterocycles. The number of benzene rings is 2. The van der Waals surface area contributed by atoms with Gasteiger partial charge in [0.2, 0.25) is 0 Å². The number of nitrogens with zero attached hydrogens (tertiary/aromatic N) is 1. The van der Waals surface area contributed by atoms with E-state index in [0.717, 1.165) is 11.1 Å². The number of hydrogen-bond acceptors (Lipinski definition) is 3. The second-order valence-corrected chi connectivity index (χ2v) is 5.30. The van der Waals surface area contributed by atoms with Crippen LogP contribution in [0.25, 0.3) is 0 Å². The average molecular weight is 314 g/mol. The second-order valence-electron chi connectivity index (χ2n) is 5.30. The van der Waals surface area contributed by atoms with Crippen LogP contribution in [0.5, 0.6) is 5.75 Å². The van der Waals surface area contributed by atoms with Crippen molar-refractivity contribution in [2.24, 2.45) is 5.10 Å². The Morgan fingerprint density at radius 3 is 2.74 bits per heavy atom. The molecule has 120 valence electrons. The molecular formula is C18H19FN2O2. The van der Waals surface area contributed by atoms with Gasteiger partial charge in [0.05, 0.1) is 5.71 Å². The molecule has 2 rings (SSSR count). The summed E-state index contributed by atoms with van der Waals surface area (Å²) in [6.45, 7) is 5.43. The molecule has 0 fully saturated rings. The molecule has 0 saturated heterocycles. The SMILES string of the molecule is C/C(=N\NC(=O)COc1cc(C)ccc1C)c1cccc(F)c1. The summed E-state index contributed by atoms with van der Waals surface area (Å²) in [6, 6.07) is 11.8. The molecule has 0 spiro atoms. The summed E-state index contributed by atoms with van der Waals surface area (Å²) in [5.41, 5.74) is 5.56. The maximum Gasteiger partial charge on any atom is 0.277 e. The Kier molecular flexibility index (Phi) is 5.46. The zero-order valence-corrected chi connectivity index (χ0v) is 13.4. The van der Waals surface area contributed by atoms with Crippen molar-refractivity contribution in [1.29, 1.82) is 0 Å². The molecule has 0 saturated carbocycles. The molecule has 1 N–H and O–H groups in total. The van der Waals surface area contributed by atoms with Crippen LogP contribution in [0.1, 0.15) is 23.6 Å². The van der Waals surface area contributed by atoms with Crippen LogP contribution in [0.3, 0.4) is 0 Å². The third-order valence-electron chi connectivity index (χ3n) is 3.29. The lowest BCUT2D eigenvalue weighted by atomic mass is 10.1. The van der Waals surface area contributed by atoms with Crippen molar-refractivity contribution < 1.29 is 13.9 Å². The van der Waals surface area contributed by atoms with Crippen LogP contribution in [-0.2, 0) is 4.79 Å². The summed E-state index contributed by atoms with van der Waals surface area (Å²) in [5, 5.41) is 3.96. The van der Waals surface area contributed by atoms with Gasteiger partial charge in [-0.2, -0.15) is 5.10 Å². The van der Waals surface area contributed by atoms with Gasteiger partial charge in [-0.05, 0) is 50.1 Å². The van der Waals surface area contributed by atoms with Gasteiger partial charge < -0.3 is 4.74 Å². The van der Waals surface area contributed by atoms with Crippen molar-refractivity contribution in [3.8, 4) is 5.75 Å². The number of carbonyl (C=O) groups is 1. The lowest BCUT2D eigenvalue weighted by Gasteiger charge is -2.09. The fraction of sp³-hybridized carbons (Fsp3) is 0.222. The van der Waals surface area contributed by atoms with E-state index < -0.39 is 0 Å². The van der Waals surface area contributed by atoms with E-state index in [1.807, 2.05) is 32.0 Å². The van der Waals surface area contributed by atoms with Crippen LogP contribution < -0.4 is 10.2 Å². The Balaban J connectivity index is 1.92. The van der Waals surface area contributed by atoms with Gasteiger partial charge in [0.1, 0.15) is 11.6 Å². The summed E-state index contributed by atoms with van der Waals surface area (Å²) in [7, 11) is 0. The zero-order valence-electron chi connectivity index (χ0n) is 13.4. The number of hydrazone groups is 1. The van der Waals surface area contributed by atoms with E-state index in [2.05, 4.69) is 10.5 Å². The first kappa shape index (κ1) is 16.7. The van der Waals surface area contributed by atoms with Crippen molar-refractivity contribution in [3.05, 3.63) is 65.0 Å². The van der Waals surface area contributed by atoms with Crippen molar-refractivity contribution in [3.63, 3.8) is 0 Å². The van der Waals surface area contributed by atoms with Crippen LogP contribution in [0.15, 0.2) is 47.6 Å². The molecule has 2 aromatic carbocycles. The van der Waals surface area contributed by atoms with Crippen LogP contribution >= 0.6 is 0 Å². The highest BCUT2D eigenvalue weighted by molar-refractivity contribution is 5.99. The minimum Gasteiger partial charge on any atom is -0.483 e. The molecule has 0 aliphatic rings. The summed E-state index contributed by atoms with van der Waals surface area (Å²) in [5.74, 6) is -0.0470. The van der Waals surface area contributed by atoms with Crippen LogP contribution in [0.2, 0.25) is 0 Å². The fourth-order valence-corrected chi connectivity index (χ4v) is 1.96. The van der Waals surface area contributed by atoms with Gasteiger partial charge in [-0.25, -0.2) is 9.82 Å². The molecule has 4 nitrogen and oxygen atoms in total. The molecule has 0 radical (unpaired) electrons. The van der Waals surface area contributed by atoms with Crippen molar-refractivity contribution >= 4 is 11.6 Å². The lowest BCUT2D eigenvalue weighted by molar-refractivity contribution is -0.123. The van der Waals surface area contributed by atoms with Crippen molar-refractivity contribution in [2.45, 2.75) is 20.8 Å². The molecule has 0 atom stereocenters. The number of hydrogen-bond donors (Lipinski definition) is 1. The minimum absolute atomic E-state index is 0.135. The first-order valence-electron chi connectivity index (χ1n) is 7.25. The molecule has 1 amide bonds. The predicted octanol–water partition coefficient (Wildman–Crippen LogP) is 3.36. The smallest absolute Gasteiger partial charge is 0.277 e. The van der Waals surface area contributed by atoms with Crippen molar-refractivity contribution in [1.82, 2.24) is 5.43 Å². The molecule has 23 heavy (non-hydrogen) atoms.